The van der Waals surface area contributed by atoms with Crippen molar-refractivity contribution in [3.05, 3.63) is 39.3 Å². The van der Waals surface area contributed by atoms with Gasteiger partial charge in [-0.1, -0.05) is 12.1 Å². The first-order valence-electron chi connectivity index (χ1n) is 9.57. The van der Waals surface area contributed by atoms with E-state index in [1.54, 1.807) is 13.2 Å². The summed E-state index contributed by atoms with van der Waals surface area (Å²) in [4.78, 5) is 21.5. The molecule has 31 heavy (non-hydrogen) atoms. The summed E-state index contributed by atoms with van der Waals surface area (Å²) in [6, 6.07) is 9.28. The highest BCUT2D eigenvalue weighted by Gasteiger charge is 2.18. The van der Waals surface area contributed by atoms with Crippen LogP contribution in [-0.4, -0.2) is 69.3 Å². The Morgan fingerprint density at radius 3 is 2.06 bits per heavy atom. The smallest absolute Gasteiger partial charge is 0.337 e. The first-order chi connectivity index (χ1) is 15.1. The third-order valence-electron chi connectivity index (χ3n) is 4.09. The number of rotatable bonds is 12. The first-order valence-corrected chi connectivity index (χ1v) is 11.2. The molecule has 3 rings (SSSR count). The molecule has 0 N–H and O–H groups in total. The molecule has 0 atom stereocenters. The van der Waals surface area contributed by atoms with Crippen LogP contribution in [0.15, 0.2) is 39.3 Å². The normalized spacial score (nSPS) is 11.3. The van der Waals surface area contributed by atoms with Crippen molar-refractivity contribution in [2.24, 2.45) is 0 Å². The minimum Gasteiger partial charge on any atom is -0.421 e. The number of esters is 1. The number of aromatic nitrogens is 2. The summed E-state index contributed by atoms with van der Waals surface area (Å²) in [7, 11) is 1.62. The molecule has 0 bridgehead atoms. The third-order valence-corrected chi connectivity index (χ3v) is 5.29. The van der Waals surface area contributed by atoms with Gasteiger partial charge in [0, 0.05) is 11.6 Å². The summed E-state index contributed by atoms with van der Waals surface area (Å²) in [5.74, 6) is -0.239. The van der Waals surface area contributed by atoms with Crippen LogP contribution in [-0.2, 0) is 23.7 Å². The second-order valence-electron chi connectivity index (χ2n) is 6.32. The topological polar surface area (TPSA) is 89.0 Å². The maximum absolute atomic E-state index is 12.3. The van der Waals surface area contributed by atoms with Crippen molar-refractivity contribution in [1.82, 2.24) is 9.97 Å². The number of carbonyl (C=O) groups is 1. The summed E-state index contributed by atoms with van der Waals surface area (Å²) < 4.78 is 27.7. The quantitative estimate of drug-likeness (QED) is 0.143. The van der Waals surface area contributed by atoms with E-state index in [1.807, 2.05) is 24.3 Å². The van der Waals surface area contributed by atoms with Crippen LogP contribution < -0.4 is 4.74 Å². The van der Waals surface area contributed by atoms with E-state index in [1.165, 1.54) is 0 Å². The molecule has 10 heteroatoms. The van der Waals surface area contributed by atoms with Crippen molar-refractivity contribution in [2.75, 3.05) is 53.4 Å². The molecule has 0 saturated heterocycles. The Labute approximate surface area is 196 Å². The Balaban J connectivity index is 1.53. The average molecular weight is 558 g/mol. The molecule has 0 saturated carbocycles. The van der Waals surface area contributed by atoms with Crippen molar-refractivity contribution in [1.29, 1.82) is 0 Å². The maximum atomic E-state index is 12.3. The number of para-hydroxylation sites is 2. The van der Waals surface area contributed by atoms with Gasteiger partial charge >= 0.3 is 5.97 Å². The molecule has 1 aromatic heterocycles. The van der Waals surface area contributed by atoms with E-state index in [4.69, 9.17) is 23.7 Å². The summed E-state index contributed by atoms with van der Waals surface area (Å²) >= 11 is 6.93. The minimum atomic E-state index is -0.540. The molecule has 0 amide bonds. The van der Waals surface area contributed by atoms with Gasteiger partial charge in [0.1, 0.15) is 17.6 Å². The van der Waals surface area contributed by atoms with Gasteiger partial charge in [-0.05, 0) is 50.1 Å². The van der Waals surface area contributed by atoms with Gasteiger partial charge in [-0.25, -0.2) is 14.8 Å². The molecule has 0 fully saturated rings. The Bertz CT molecular complexity index is 1030. The lowest BCUT2D eigenvalue weighted by atomic mass is 10.2. The van der Waals surface area contributed by atoms with Crippen molar-refractivity contribution >= 4 is 59.9 Å². The molecule has 8 nitrogen and oxygen atoms in total. The molecule has 3 aromatic rings. The largest absolute Gasteiger partial charge is 0.421 e. The van der Waals surface area contributed by atoms with Gasteiger partial charge in [0.15, 0.2) is 5.75 Å². The molecule has 0 aliphatic heterocycles. The molecule has 0 radical (unpaired) electrons. The summed E-state index contributed by atoms with van der Waals surface area (Å²) in [5.41, 5.74) is 2.54. The Morgan fingerprint density at radius 2 is 1.42 bits per heavy atom. The van der Waals surface area contributed by atoms with Crippen LogP contribution in [0.25, 0.3) is 22.1 Å². The lowest BCUT2D eigenvalue weighted by Crippen LogP contribution is -2.18. The monoisotopic (exact) mass is 556 g/mol. The van der Waals surface area contributed by atoms with Crippen molar-refractivity contribution in [2.45, 2.75) is 0 Å². The highest BCUT2D eigenvalue weighted by Crippen LogP contribution is 2.37. The van der Waals surface area contributed by atoms with Crippen molar-refractivity contribution in [3.8, 4) is 5.75 Å². The van der Waals surface area contributed by atoms with Gasteiger partial charge < -0.3 is 23.7 Å². The van der Waals surface area contributed by atoms with Crippen LogP contribution in [0.5, 0.6) is 5.75 Å². The number of benzene rings is 2. The number of ether oxygens (including phenoxy) is 5. The average Bonchev–Trinajstić information content (AvgIpc) is 2.77. The van der Waals surface area contributed by atoms with E-state index < -0.39 is 5.97 Å². The fourth-order valence-corrected chi connectivity index (χ4v) is 3.97. The number of halogens is 2. The molecular weight excluding hydrogens is 536 g/mol. The lowest BCUT2D eigenvalue weighted by Gasteiger charge is -2.11. The molecule has 0 aliphatic carbocycles. The minimum absolute atomic E-state index is 0.210. The van der Waals surface area contributed by atoms with E-state index in [9.17, 15) is 4.79 Å². The van der Waals surface area contributed by atoms with Gasteiger partial charge in [0.2, 0.25) is 0 Å². The van der Waals surface area contributed by atoms with Gasteiger partial charge in [0.05, 0.1) is 55.1 Å². The molecule has 2 aromatic carbocycles. The van der Waals surface area contributed by atoms with Crippen molar-refractivity contribution < 1.29 is 28.5 Å². The molecule has 166 valence electrons. The predicted octanol–water partition coefficient (Wildman–Crippen LogP) is 3.91. The van der Waals surface area contributed by atoms with Gasteiger partial charge in [-0.15, -0.1) is 0 Å². The zero-order valence-electron chi connectivity index (χ0n) is 16.9. The first kappa shape index (κ1) is 24.0. The van der Waals surface area contributed by atoms with Crippen LogP contribution in [0.1, 0.15) is 0 Å². The maximum Gasteiger partial charge on any atom is 0.337 e. The molecule has 1 heterocycles. The highest BCUT2D eigenvalue weighted by molar-refractivity contribution is 9.11. The Kier molecular flexibility index (Phi) is 9.56. The van der Waals surface area contributed by atoms with E-state index >= 15 is 0 Å². The number of hydrogen-bond donors (Lipinski definition) is 0. The number of nitrogens with zero attached hydrogens (tertiary/aromatic N) is 2. The lowest BCUT2D eigenvalue weighted by molar-refractivity contribution is -0.140. The van der Waals surface area contributed by atoms with Gasteiger partial charge in [-0.3, -0.25) is 0 Å². The van der Waals surface area contributed by atoms with Crippen LogP contribution >= 0.6 is 31.9 Å². The van der Waals surface area contributed by atoms with E-state index in [2.05, 4.69) is 41.8 Å². The standard InChI is InChI=1S/C21H22Br2N2O6/c1-27-6-7-28-8-9-29-10-11-30-13-18(26)31-21-15(23)12-14(22)19-20(21)25-17-5-3-2-4-16(17)24-19/h2-5,12H,6-11,13H2,1H3. The van der Waals surface area contributed by atoms with E-state index in [-0.39, 0.29) is 13.2 Å². The summed E-state index contributed by atoms with van der Waals surface area (Å²) in [6.45, 7) is 2.41. The summed E-state index contributed by atoms with van der Waals surface area (Å²) in [6.07, 6.45) is 0. The number of hydrogen-bond acceptors (Lipinski definition) is 8. The number of fused-ring (bicyclic) bond motifs is 2. The van der Waals surface area contributed by atoms with E-state index in [0.717, 1.165) is 9.99 Å². The second kappa shape index (κ2) is 12.4. The fourth-order valence-electron chi connectivity index (χ4n) is 2.66. The molecule has 0 unspecified atom stereocenters. The third kappa shape index (κ3) is 6.90. The SMILES string of the molecule is COCCOCCOCCOCC(=O)Oc1c(Br)cc(Br)c2nc3ccccc3nc12. The Hall–Kier alpha value is -1.69. The number of methoxy groups -OCH3 is 1. The molecule has 0 spiro atoms. The second-order valence-corrected chi connectivity index (χ2v) is 8.03. The summed E-state index contributed by atoms with van der Waals surface area (Å²) in [5, 5.41) is 0. The predicted molar refractivity (Wildman–Crippen MR) is 122 cm³/mol. The number of carbonyl (C=O) groups excluding carboxylic acids is 1. The van der Waals surface area contributed by atoms with Crippen LogP contribution in [0.3, 0.4) is 0 Å². The van der Waals surface area contributed by atoms with Crippen LogP contribution in [0.2, 0.25) is 0 Å². The molecule has 0 aliphatic rings. The fraction of sp³-hybridized carbons (Fsp3) is 0.381. The van der Waals surface area contributed by atoms with Crippen molar-refractivity contribution in [3.63, 3.8) is 0 Å². The van der Waals surface area contributed by atoms with Gasteiger partial charge in [0.25, 0.3) is 0 Å². The van der Waals surface area contributed by atoms with Crippen LogP contribution in [0, 0.1) is 0 Å². The molecular formula is C21H22Br2N2O6. The zero-order valence-corrected chi connectivity index (χ0v) is 20.1. The van der Waals surface area contributed by atoms with Gasteiger partial charge in [-0.2, -0.15) is 0 Å². The zero-order chi connectivity index (χ0) is 22.1. The highest BCUT2D eigenvalue weighted by atomic mass is 79.9. The van der Waals surface area contributed by atoms with Crippen LogP contribution in [0.4, 0.5) is 0 Å². The van der Waals surface area contributed by atoms with E-state index in [0.29, 0.717) is 59.8 Å². The Morgan fingerprint density at radius 1 is 0.839 bits per heavy atom.